The van der Waals surface area contributed by atoms with E-state index < -0.39 is 0 Å². The number of amides is 1. The van der Waals surface area contributed by atoms with Crippen molar-refractivity contribution in [2.24, 2.45) is 0 Å². The van der Waals surface area contributed by atoms with E-state index in [0.29, 0.717) is 12.8 Å². The fourth-order valence-corrected chi connectivity index (χ4v) is 2.74. The molecule has 1 atom stereocenters. The molecule has 1 aliphatic carbocycles. The Hall–Kier alpha value is -1.08. The smallest absolute Gasteiger partial charge is 0.222 e. The second-order valence-corrected chi connectivity index (χ2v) is 5.30. The second kappa shape index (κ2) is 7.38. The molecular weight excluding hydrogens is 226 g/mol. The highest BCUT2D eigenvalue weighted by atomic mass is 16.1. The molecule has 0 bridgehead atoms. The first-order chi connectivity index (χ1) is 8.65. The molecule has 102 valence electrons. The maximum Gasteiger partial charge on any atom is 0.222 e. The van der Waals surface area contributed by atoms with E-state index >= 15 is 0 Å². The highest BCUT2D eigenvalue weighted by Crippen LogP contribution is 2.30. The van der Waals surface area contributed by atoms with Crippen molar-refractivity contribution >= 4 is 5.91 Å². The maximum atomic E-state index is 12.1. The summed E-state index contributed by atoms with van der Waals surface area (Å²) in [6.07, 6.45) is 7.56. The Balaban J connectivity index is 2.49. The molecule has 1 fully saturated rings. The predicted octanol–water partition coefficient (Wildman–Crippen LogP) is 2.11. The molecule has 2 N–H and O–H groups in total. The molecule has 4 nitrogen and oxygen atoms in total. The van der Waals surface area contributed by atoms with E-state index in [2.05, 4.69) is 16.7 Å². The van der Waals surface area contributed by atoms with Crippen LogP contribution in [0.1, 0.15) is 58.3 Å². The van der Waals surface area contributed by atoms with Gasteiger partial charge in [-0.15, -0.1) is 0 Å². The van der Waals surface area contributed by atoms with Crippen LogP contribution in [0.3, 0.4) is 0 Å². The first-order valence-corrected chi connectivity index (χ1v) is 7.01. The van der Waals surface area contributed by atoms with Gasteiger partial charge in [0.25, 0.3) is 0 Å². The molecular formula is C14H25N3O. The number of carbonyl (C=O) groups excluding carboxylic acids is 1. The summed E-state index contributed by atoms with van der Waals surface area (Å²) in [6, 6.07) is 2.12. The van der Waals surface area contributed by atoms with Crippen molar-refractivity contribution in [3.05, 3.63) is 0 Å². The number of hydrogen-bond acceptors (Lipinski definition) is 3. The summed E-state index contributed by atoms with van der Waals surface area (Å²) in [7, 11) is 1.95. The van der Waals surface area contributed by atoms with E-state index in [1.165, 1.54) is 19.3 Å². The van der Waals surface area contributed by atoms with Crippen molar-refractivity contribution in [2.45, 2.75) is 69.9 Å². The average Bonchev–Trinajstić information content (AvgIpc) is 2.39. The molecule has 1 aliphatic rings. The van der Waals surface area contributed by atoms with E-state index in [9.17, 15) is 4.79 Å². The fourth-order valence-electron chi connectivity index (χ4n) is 2.74. The van der Waals surface area contributed by atoms with E-state index in [4.69, 9.17) is 5.26 Å². The van der Waals surface area contributed by atoms with Gasteiger partial charge in [0.15, 0.2) is 0 Å². The van der Waals surface area contributed by atoms with Crippen LogP contribution in [0, 0.1) is 11.3 Å². The van der Waals surface area contributed by atoms with Crippen LogP contribution in [0.2, 0.25) is 0 Å². The van der Waals surface area contributed by atoms with Gasteiger partial charge in [-0.05, 0) is 26.3 Å². The molecule has 0 aromatic rings. The summed E-state index contributed by atoms with van der Waals surface area (Å²) < 4.78 is 0. The van der Waals surface area contributed by atoms with E-state index in [1.807, 2.05) is 14.0 Å². The van der Waals surface area contributed by atoms with E-state index in [0.717, 1.165) is 19.3 Å². The SMILES string of the molecule is CCC(CC#N)NC(=O)CC1(NC)CCCCC1. The molecule has 1 rings (SSSR count). The minimum Gasteiger partial charge on any atom is -0.352 e. The zero-order valence-corrected chi connectivity index (χ0v) is 11.6. The third-order valence-corrected chi connectivity index (χ3v) is 4.04. The molecule has 0 aromatic heterocycles. The maximum absolute atomic E-state index is 12.1. The first-order valence-electron chi connectivity index (χ1n) is 7.01. The van der Waals surface area contributed by atoms with Gasteiger partial charge in [-0.2, -0.15) is 5.26 Å². The van der Waals surface area contributed by atoms with Gasteiger partial charge in [0, 0.05) is 18.0 Å². The monoisotopic (exact) mass is 251 g/mol. The molecule has 18 heavy (non-hydrogen) atoms. The first kappa shape index (κ1) is 15.0. The van der Waals surface area contributed by atoms with Gasteiger partial charge in [-0.1, -0.05) is 26.2 Å². The lowest BCUT2D eigenvalue weighted by Crippen LogP contribution is -2.49. The van der Waals surface area contributed by atoms with Crippen molar-refractivity contribution in [1.29, 1.82) is 5.26 Å². The summed E-state index contributed by atoms with van der Waals surface area (Å²) in [4.78, 5) is 12.1. The standard InChI is InChI=1S/C14H25N3O/c1-3-12(7-10-15)17-13(18)11-14(16-2)8-5-4-6-9-14/h12,16H,3-9,11H2,1-2H3,(H,17,18). The summed E-state index contributed by atoms with van der Waals surface area (Å²) in [5, 5.41) is 15.0. The van der Waals surface area contributed by atoms with Crippen LogP contribution >= 0.6 is 0 Å². The van der Waals surface area contributed by atoms with E-state index in [1.54, 1.807) is 0 Å². The van der Waals surface area contributed by atoms with Crippen molar-refractivity contribution < 1.29 is 4.79 Å². The van der Waals surface area contributed by atoms with Crippen LogP contribution in [0.4, 0.5) is 0 Å². The number of carbonyl (C=O) groups is 1. The van der Waals surface area contributed by atoms with Gasteiger partial charge in [-0.3, -0.25) is 4.79 Å². The summed E-state index contributed by atoms with van der Waals surface area (Å²) in [6.45, 7) is 2.00. The molecule has 4 heteroatoms. The zero-order chi connectivity index (χ0) is 13.4. The molecule has 0 heterocycles. The van der Waals surface area contributed by atoms with Crippen molar-refractivity contribution in [2.75, 3.05) is 7.05 Å². The van der Waals surface area contributed by atoms with Crippen LogP contribution in [-0.2, 0) is 4.79 Å². The Bertz CT molecular complexity index is 303. The molecule has 0 radical (unpaired) electrons. The summed E-state index contributed by atoms with van der Waals surface area (Å²) >= 11 is 0. The number of nitriles is 1. The third-order valence-electron chi connectivity index (χ3n) is 4.04. The molecule has 0 saturated heterocycles. The normalized spacial score (nSPS) is 19.8. The Morgan fingerprint density at radius 2 is 2.06 bits per heavy atom. The molecule has 0 aromatic carbocycles. The highest BCUT2D eigenvalue weighted by molar-refractivity contribution is 5.77. The average molecular weight is 251 g/mol. The Morgan fingerprint density at radius 1 is 1.39 bits per heavy atom. The third kappa shape index (κ3) is 4.30. The number of hydrogen-bond donors (Lipinski definition) is 2. The van der Waals surface area contributed by atoms with Gasteiger partial charge in [-0.25, -0.2) is 0 Å². The zero-order valence-electron chi connectivity index (χ0n) is 11.6. The van der Waals surface area contributed by atoms with Crippen LogP contribution in [0.5, 0.6) is 0 Å². The number of rotatable bonds is 6. The van der Waals surface area contributed by atoms with Crippen molar-refractivity contribution in [3.63, 3.8) is 0 Å². The lowest BCUT2D eigenvalue weighted by Gasteiger charge is -2.37. The lowest BCUT2D eigenvalue weighted by molar-refractivity contribution is -0.123. The van der Waals surface area contributed by atoms with Gasteiger partial charge < -0.3 is 10.6 Å². The molecule has 1 amide bonds. The highest BCUT2D eigenvalue weighted by Gasteiger charge is 2.32. The quantitative estimate of drug-likeness (QED) is 0.760. The van der Waals surface area contributed by atoms with Crippen LogP contribution in [0.15, 0.2) is 0 Å². The predicted molar refractivity (Wildman–Crippen MR) is 71.9 cm³/mol. The number of nitrogens with zero attached hydrogens (tertiary/aromatic N) is 1. The van der Waals surface area contributed by atoms with E-state index in [-0.39, 0.29) is 17.5 Å². The van der Waals surface area contributed by atoms with Crippen LogP contribution < -0.4 is 10.6 Å². The van der Waals surface area contributed by atoms with Crippen LogP contribution in [-0.4, -0.2) is 24.5 Å². The second-order valence-electron chi connectivity index (χ2n) is 5.30. The Kier molecular flexibility index (Phi) is 6.14. The topological polar surface area (TPSA) is 64.9 Å². The molecule has 1 unspecified atom stereocenters. The van der Waals surface area contributed by atoms with Crippen LogP contribution in [0.25, 0.3) is 0 Å². The van der Waals surface area contributed by atoms with Crippen molar-refractivity contribution in [3.8, 4) is 6.07 Å². The summed E-state index contributed by atoms with van der Waals surface area (Å²) in [5.74, 6) is 0.0772. The van der Waals surface area contributed by atoms with Gasteiger partial charge in [0.2, 0.25) is 5.91 Å². The minimum absolute atomic E-state index is 0.00000307. The molecule has 0 aliphatic heterocycles. The van der Waals surface area contributed by atoms with Crippen molar-refractivity contribution in [1.82, 2.24) is 10.6 Å². The molecule has 0 spiro atoms. The van der Waals surface area contributed by atoms with Gasteiger partial charge in [0.1, 0.15) is 0 Å². The summed E-state index contributed by atoms with van der Waals surface area (Å²) in [5.41, 5.74) is -0.0206. The van der Waals surface area contributed by atoms with Gasteiger partial charge in [0.05, 0.1) is 12.5 Å². The largest absolute Gasteiger partial charge is 0.352 e. The Morgan fingerprint density at radius 3 is 2.56 bits per heavy atom. The van der Waals surface area contributed by atoms with Gasteiger partial charge >= 0.3 is 0 Å². The Labute approximate surface area is 110 Å². The molecule has 1 saturated carbocycles. The minimum atomic E-state index is -0.0206. The lowest BCUT2D eigenvalue weighted by atomic mass is 9.79. The fraction of sp³-hybridized carbons (Fsp3) is 0.857. The number of nitrogens with one attached hydrogen (secondary N) is 2.